The van der Waals surface area contributed by atoms with Crippen molar-refractivity contribution in [3.8, 4) is 23.2 Å². The van der Waals surface area contributed by atoms with E-state index in [2.05, 4.69) is 27.1 Å². The largest absolute Gasteiger partial charge is 0.433 e. The number of imidazole rings is 1. The molecule has 3 aromatic rings. The van der Waals surface area contributed by atoms with Gasteiger partial charge in [-0.1, -0.05) is 36.3 Å². The zero-order chi connectivity index (χ0) is 16.9. The number of carbonyl (C=O) groups is 1. The maximum atomic E-state index is 11.8. The average Bonchev–Trinajstić information content (AvgIpc) is 2.99. The van der Waals surface area contributed by atoms with Crippen LogP contribution >= 0.6 is 0 Å². The highest BCUT2D eigenvalue weighted by Gasteiger charge is 2.09. The van der Waals surface area contributed by atoms with Gasteiger partial charge in [0, 0.05) is 11.3 Å². The predicted molar refractivity (Wildman–Crippen MR) is 94.5 cm³/mol. The number of hydrogen-bond acceptors (Lipinski definition) is 3. The van der Waals surface area contributed by atoms with Crippen molar-refractivity contribution in [3.05, 3.63) is 48.5 Å². The molecule has 0 saturated carbocycles. The van der Waals surface area contributed by atoms with Crippen LogP contribution in [0.2, 0.25) is 0 Å². The Bertz CT molecular complexity index is 920. The second-order valence-electron chi connectivity index (χ2n) is 5.25. The highest BCUT2D eigenvalue weighted by Crippen LogP contribution is 2.22. The number of hydrogen-bond donors (Lipinski definition) is 2. The summed E-state index contributed by atoms with van der Waals surface area (Å²) in [4.78, 5) is 19.7. The molecule has 2 aromatic carbocycles. The van der Waals surface area contributed by atoms with Gasteiger partial charge in [0.25, 0.3) is 0 Å². The van der Waals surface area contributed by atoms with Crippen LogP contribution in [-0.4, -0.2) is 22.2 Å². The number of amides is 1. The molecule has 1 unspecified atom stereocenters. The summed E-state index contributed by atoms with van der Waals surface area (Å²) in [5, 5.41) is 2.70. The first kappa shape index (κ1) is 15.6. The lowest BCUT2D eigenvalue weighted by Crippen LogP contribution is -2.19. The first-order valence-electron chi connectivity index (χ1n) is 7.61. The standard InChI is InChI=1S/C19H17N3O2/c1-3-7-13(2)24-19(23)20-15-10-11-16-17(12-15)22-18(21-16)14-8-5-4-6-9-14/h4-6,8-13H,1-2H3,(H,20,23)(H,21,22). The molecule has 0 radical (unpaired) electrons. The van der Waals surface area contributed by atoms with Crippen LogP contribution in [-0.2, 0) is 4.74 Å². The molecular weight excluding hydrogens is 302 g/mol. The van der Waals surface area contributed by atoms with Crippen LogP contribution in [0.25, 0.3) is 22.4 Å². The third-order valence-electron chi connectivity index (χ3n) is 3.41. The maximum Gasteiger partial charge on any atom is 0.412 e. The fourth-order valence-corrected chi connectivity index (χ4v) is 2.36. The molecular formula is C19H17N3O2. The van der Waals surface area contributed by atoms with E-state index in [0.717, 1.165) is 22.4 Å². The molecule has 2 N–H and O–H groups in total. The van der Waals surface area contributed by atoms with E-state index in [-0.39, 0.29) is 0 Å². The average molecular weight is 319 g/mol. The molecule has 1 aromatic heterocycles. The quantitative estimate of drug-likeness (QED) is 0.711. The lowest BCUT2D eigenvalue weighted by molar-refractivity contribution is 0.145. The number of aromatic amines is 1. The Balaban J connectivity index is 1.78. The van der Waals surface area contributed by atoms with E-state index in [4.69, 9.17) is 4.74 Å². The molecule has 1 heterocycles. The zero-order valence-corrected chi connectivity index (χ0v) is 13.5. The lowest BCUT2D eigenvalue weighted by Gasteiger charge is -2.08. The van der Waals surface area contributed by atoms with Crippen molar-refractivity contribution in [1.29, 1.82) is 0 Å². The molecule has 0 saturated heterocycles. The van der Waals surface area contributed by atoms with E-state index in [9.17, 15) is 4.79 Å². The molecule has 5 nitrogen and oxygen atoms in total. The number of rotatable bonds is 3. The van der Waals surface area contributed by atoms with Crippen LogP contribution in [0.4, 0.5) is 10.5 Å². The van der Waals surface area contributed by atoms with Gasteiger partial charge >= 0.3 is 6.09 Å². The van der Waals surface area contributed by atoms with Gasteiger partial charge in [0.05, 0.1) is 11.0 Å². The summed E-state index contributed by atoms with van der Waals surface area (Å²) in [5.41, 5.74) is 3.31. The number of nitrogens with one attached hydrogen (secondary N) is 2. The summed E-state index contributed by atoms with van der Waals surface area (Å²) in [6, 6.07) is 15.3. The van der Waals surface area contributed by atoms with Gasteiger partial charge in [-0.05, 0) is 32.0 Å². The third kappa shape index (κ3) is 3.55. The molecule has 1 atom stereocenters. The number of anilines is 1. The molecule has 3 rings (SSSR count). The Morgan fingerprint density at radius 3 is 2.79 bits per heavy atom. The van der Waals surface area contributed by atoms with Crippen molar-refractivity contribution in [2.75, 3.05) is 5.32 Å². The SMILES string of the molecule is CC#CC(C)OC(=O)Nc1ccc2nc(-c3ccccc3)[nH]c2c1. The van der Waals surface area contributed by atoms with Crippen molar-refractivity contribution in [1.82, 2.24) is 9.97 Å². The van der Waals surface area contributed by atoms with E-state index in [0.29, 0.717) is 5.69 Å². The fourth-order valence-electron chi connectivity index (χ4n) is 2.36. The Labute approximate surface area is 140 Å². The molecule has 1 amide bonds. The van der Waals surface area contributed by atoms with Gasteiger partial charge in [-0.3, -0.25) is 5.32 Å². The van der Waals surface area contributed by atoms with E-state index in [1.807, 2.05) is 42.5 Å². The molecule has 0 spiro atoms. The van der Waals surface area contributed by atoms with Crippen LogP contribution < -0.4 is 5.32 Å². The maximum absolute atomic E-state index is 11.8. The van der Waals surface area contributed by atoms with Gasteiger partial charge in [-0.15, -0.1) is 5.92 Å². The van der Waals surface area contributed by atoms with Gasteiger partial charge in [0.15, 0.2) is 6.10 Å². The minimum Gasteiger partial charge on any atom is -0.433 e. The van der Waals surface area contributed by atoms with Crippen LogP contribution in [0, 0.1) is 11.8 Å². The first-order valence-corrected chi connectivity index (χ1v) is 7.61. The van der Waals surface area contributed by atoms with Crippen LogP contribution in [0.15, 0.2) is 48.5 Å². The molecule has 0 fully saturated rings. The summed E-state index contributed by atoms with van der Waals surface area (Å²) in [5.74, 6) is 6.26. The highest BCUT2D eigenvalue weighted by atomic mass is 16.6. The van der Waals surface area contributed by atoms with Gasteiger partial charge < -0.3 is 9.72 Å². The molecule has 120 valence electrons. The Morgan fingerprint density at radius 1 is 1.25 bits per heavy atom. The predicted octanol–water partition coefficient (Wildman–Crippen LogP) is 4.19. The van der Waals surface area contributed by atoms with Crippen molar-refractivity contribution in [2.24, 2.45) is 0 Å². The number of ether oxygens (including phenoxy) is 1. The van der Waals surface area contributed by atoms with E-state index >= 15 is 0 Å². The van der Waals surface area contributed by atoms with Crippen LogP contribution in [0.3, 0.4) is 0 Å². The Kier molecular flexibility index (Phi) is 4.48. The second-order valence-corrected chi connectivity index (χ2v) is 5.25. The monoisotopic (exact) mass is 319 g/mol. The van der Waals surface area contributed by atoms with Crippen molar-refractivity contribution in [2.45, 2.75) is 20.0 Å². The summed E-state index contributed by atoms with van der Waals surface area (Å²) in [6.45, 7) is 3.43. The summed E-state index contributed by atoms with van der Waals surface area (Å²) in [6.07, 6.45) is -0.983. The second kappa shape index (κ2) is 6.88. The van der Waals surface area contributed by atoms with E-state index in [1.54, 1.807) is 19.9 Å². The highest BCUT2D eigenvalue weighted by molar-refractivity contribution is 5.89. The molecule has 5 heteroatoms. The molecule has 0 aliphatic carbocycles. The normalized spacial score (nSPS) is 11.4. The minimum atomic E-state index is -0.535. The van der Waals surface area contributed by atoms with Crippen LogP contribution in [0.1, 0.15) is 13.8 Å². The van der Waals surface area contributed by atoms with Gasteiger partial charge in [0.1, 0.15) is 5.82 Å². The van der Waals surface area contributed by atoms with Gasteiger partial charge in [-0.25, -0.2) is 9.78 Å². The number of aromatic nitrogens is 2. The smallest absolute Gasteiger partial charge is 0.412 e. The van der Waals surface area contributed by atoms with Crippen LogP contribution in [0.5, 0.6) is 0 Å². The number of fused-ring (bicyclic) bond motifs is 1. The van der Waals surface area contributed by atoms with E-state index < -0.39 is 12.2 Å². The number of nitrogens with zero attached hydrogens (tertiary/aromatic N) is 1. The Morgan fingerprint density at radius 2 is 2.04 bits per heavy atom. The molecule has 0 bridgehead atoms. The van der Waals surface area contributed by atoms with Gasteiger partial charge in [-0.2, -0.15) is 0 Å². The summed E-state index contributed by atoms with van der Waals surface area (Å²) < 4.78 is 5.13. The van der Waals surface area contributed by atoms with E-state index in [1.165, 1.54) is 0 Å². The topological polar surface area (TPSA) is 67.0 Å². The fraction of sp³-hybridized carbons (Fsp3) is 0.158. The van der Waals surface area contributed by atoms with Gasteiger partial charge in [0.2, 0.25) is 0 Å². The summed E-state index contributed by atoms with van der Waals surface area (Å²) >= 11 is 0. The van der Waals surface area contributed by atoms with Crippen molar-refractivity contribution in [3.63, 3.8) is 0 Å². The van der Waals surface area contributed by atoms with Crippen molar-refractivity contribution < 1.29 is 9.53 Å². The third-order valence-corrected chi connectivity index (χ3v) is 3.41. The minimum absolute atomic E-state index is 0.449. The molecule has 24 heavy (non-hydrogen) atoms. The van der Waals surface area contributed by atoms with Crippen molar-refractivity contribution >= 4 is 22.8 Å². The molecule has 0 aliphatic rings. The number of H-pyrrole nitrogens is 1. The zero-order valence-electron chi connectivity index (χ0n) is 13.5. The number of benzene rings is 2. The Hall–Kier alpha value is -3.26. The number of carbonyl (C=O) groups excluding carboxylic acids is 1. The lowest BCUT2D eigenvalue weighted by atomic mass is 10.2. The first-order chi connectivity index (χ1) is 11.7. The molecule has 0 aliphatic heterocycles. The summed E-state index contributed by atoms with van der Waals surface area (Å²) in [7, 11) is 0.